The largest absolute Gasteiger partial charge is 0.438 e. The van der Waals surface area contributed by atoms with E-state index in [-0.39, 0.29) is 35.3 Å². The van der Waals surface area contributed by atoms with Crippen LogP contribution < -0.4 is 5.73 Å². The lowest BCUT2D eigenvalue weighted by Gasteiger charge is -2.57. The van der Waals surface area contributed by atoms with Crippen LogP contribution in [0.15, 0.2) is 33.3 Å². The molecule has 2 heterocycles. The molecule has 2 amide bonds. The maximum absolute atomic E-state index is 13.0. The highest BCUT2D eigenvalue weighted by atomic mass is 32.2. The lowest BCUT2D eigenvalue weighted by molar-refractivity contribution is -0.127. The second kappa shape index (κ2) is 7.73. The molecule has 1 aromatic rings. The van der Waals surface area contributed by atoms with E-state index in [2.05, 4.69) is 6.92 Å². The van der Waals surface area contributed by atoms with Crippen molar-refractivity contribution < 1.29 is 22.4 Å². The van der Waals surface area contributed by atoms with Gasteiger partial charge in [0.15, 0.2) is 5.76 Å². The fraction of sp³-hybridized carbons (Fsp3) is 0.652. The fourth-order valence-electron chi connectivity index (χ4n) is 6.89. The van der Waals surface area contributed by atoms with Crippen LogP contribution in [-0.2, 0) is 14.8 Å². The quantitative estimate of drug-likeness (QED) is 0.676. The van der Waals surface area contributed by atoms with E-state index in [9.17, 15) is 18.0 Å². The van der Waals surface area contributed by atoms with E-state index in [4.69, 9.17) is 10.2 Å². The molecule has 32 heavy (non-hydrogen) atoms. The Bertz CT molecular complexity index is 1030. The average molecular weight is 462 g/mol. The lowest BCUT2D eigenvalue weighted by Crippen LogP contribution is -2.50. The Kier molecular flexibility index (Phi) is 5.24. The van der Waals surface area contributed by atoms with Gasteiger partial charge >= 0.3 is 0 Å². The molecule has 174 valence electrons. The van der Waals surface area contributed by atoms with Crippen molar-refractivity contribution >= 4 is 21.8 Å². The standard InChI is InChI=1S/C23H31N3O5S/c1-15(23-12-16-9-17(13-23)11-18(10-16)14-23)8-20(27)25-4-6-26(7-5-25)32(29,30)21-3-2-19(31-21)22(24)28/h2-3,8,16-18H,4-7,9-14H2,1H3,(H2,24,28). The summed E-state index contributed by atoms with van der Waals surface area (Å²) in [4.78, 5) is 25.9. The Labute approximate surface area is 188 Å². The minimum atomic E-state index is -3.87. The topological polar surface area (TPSA) is 114 Å². The molecule has 0 spiro atoms. The van der Waals surface area contributed by atoms with E-state index in [1.54, 1.807) is 4.90 Å². The van der Waals surface area contributed by atoms with Gasteiger partial charge < -0.3 is 15.1 Å². The molecule has 0 aromatic carbocycles. The molecule has 1 aliphatic heterocycles. The van der Waals surface area contributed by atoms with Crippen LogP contribution in [0.2, 0.25) is 0 Å². The summed E-state index contributed by atoms with van der Waals surface area (Å²) in [6.07, 6.45) is 9.59. The number of sulfonamides is 1. The third kappa shape index (κ3) is 3.69. The van der Waals surface area contributed by atoms with Crippen molar-refractivity contribution in [3.63, 3.8) is 0 Å². The van der Waals surface area contributed by atoms with Crippen LogP contribution in [0.25, 0.3) is 0 Å². The molecule has 0 atom stereocenters. The van der Waals surface area contributed by atoms with Gasteiger partial charge in [-0.2, -0.15) is 4.31 Å². The van der Waals surface area contributed by atoms with Gasteiger partial charge in [0.1, 0.15) is 0 Å². The number of amides is 2. The van der Waals surface area contributed by atoms with Crippen LogP contribution in [0, 0.1) is 23.2 Å². The van der Waals surface area contributed by atoms with Gasteiger partial charge in [-0.15, -0.1) is 0 Å². The first-order valence-electron chi connectivity index (χ1n) is 11.5. The first-order valence-corrected chi connectivity index (χ1v) is 13.0. The highest BCUT2D eigenvalue weighted by Crippen LogP contribution is 2.62. The molecule has 6 rings (SSSR count). The number of primary amides is 1. The van der Waals surface area contributed by atoms with E-state index >= 15 is 0 Å². The second-order valence-electron chi connectivity index (χ2n) is 10.2. The SMILES string of the molecule is CC(=CC(=O)N1CCN(S(=O)(=O)c2ccc(C(N)=O)o2)CC1)C12CC3CC(CC(C3)C1)C2. The van der Waals surface area contributed by atoms with E-state index < -0.39 is 15.9 Å². The van der Waals surface area contributed by atoms with Crippen LogP contribution in [0.1, 0.15) is 56.0 Å². The number of carbonyl (C=O) groups is 2. The number of nitrogens with two attached hydrogens (primary N) is 1. The summed E-state index contributed by atoms with van der Waals surface area (Å²) >= 11 is 0. The first-order chi connectivity index (χ1) is 15.2. The Morgan fingerprint density at radius 2 is 1.59 bits per heavy atom. The maximum atomic E-state index is 13.0. The molecule has 0 radical (unpaired) electrons. The van der Waals surface area contributed by atoms with E-state index in [1.807, 2.05) is 6.08 Å². The number of piperazine rings is 1. The Balaban J connectivity index is 1.23. The van der Waals surface area contributed by atoms with Gasteiger partial charge in [0, 0.05) is 32.3 Å². The number of hydrogen-bond donors (Lipinski definition) is 1. The van der Waals surface area contributed by atoms with E-state index in [1.165, 1.54) is 60.5 Å². The number of nitrogens with zero attached hydrogens (tertiary/aromatic N) is 2. The van der Waals surface area contributed by atoms with Crippen LogP contribution in [0.4, 0.5) is 0 Å². The van der Waals surface area contributed by atoms with Gasteiger partial charge in [-0.05, 0) is 80.8 Å². The molecule has 4 saturated carbocycles. The first kappa shape index (κ1) is 21.7. The van der Waals surface area contributed by atoms with Crippen molar-refractivity contribution in [3.05, 3.63) is 29.5 Å². The molecule has 1 saturated heterocycles. The summed E-state index contributed by atoms with van der Waals surface area (Å²) in [5.74, 6) is 1.44. The Morgan fingerprint density at radius 1 is 1.03 bits per heavy atom. The molecule has 2 N–H and O–H groups in total. The average Bonchev–Trinajstić information content (AvgIpc) is 3.24. The molecule has 4 aliphatic carbocycles. The van der Waals surface area contributed by atoms with Gasteiger partial charge in [0.2, 0.25) is 11.0 Å². The van der Waals surface area contributed by atoms with Crippen molar-refractivity contribution in [2.45, 2.75) is 50.5 Å². The Morgan fingerprint density at radius 3 is 2.09 bits per heavy atom. The van der Waals surface area contributed by atoms with Gasteiger partial charge in [-0.3, -0.25) is 9.59 Å². The van der Waals surface area contributed by atoms with Crippen molar-refractivity contribution in [1.29, 1.82) is 0 Å². The third-order valence-corrected chi connectivity index (χ3v) is 9.96. The van der Waals surface area contributed by atoms with Crippen LogP contribution in [-0.4, -0.2) is 55.6 Å². The van der Waals surface area contributed by atoms with Gasteiger partial charge in [0.05, 0.1) is 0 Å². The number of hydrogen-bond acceptors (Lipinski definition) is 5. The zero-order valence-electron chi connectivity index (χ0n) is 18.5. The number of allylic oxidation sites excluding steroid dienone is 1. The Hall–Kier alpha value is -2.13. The zero-order valence-corrected chi connectivity index (χ0v) is 19.3. The fourth-order valence-corrected chi connectivity index (χ4v) is 8.22. The smallest absolute Gasteiger partial charge is 0.284 e. The molecule has 1 aromatic heterocycles. The normalized spacial score (nSPS) is 33.0. The molecule has 5 aliphatic rings. The molecule has 4 bridgehead atoms. The number of rotatable bonds is 5. The highest BCUT2D eigenvalue weighted by Gasteiger charge is 2.51. The molecule has 0 unspecified atom stereocenters. The van der Waals surface area contributed by atoms with Crippen LogP contribution >= 0.6 is 0 Å². The van der Waals surface area contributed by atoms with E-state index in [0.717, 1.165) is 17.8 Å². The van der Waals surface area contributed by atoms with Crippen LogP contribution in [0.3, 0.4) is 0 Å². The molecule has 5 fully saturated rings. The molecular weight excluding hydrogens is 430 g/mol. The highest BCUT2D eigenvalue weighted by molar-refractivity contribution is 7.89. The summed E-state index contributed by atoms with van der Waals surface area (Å²) in [7, 11) is -3.87. The second-order valence-corrected chi connectivity index (χ2v) is 12.1. The monoisotopic (exact) mass is 461 g/mol. The zero-order chi connectivity index (χ0) is 22.7. The minimum Gasteiger partial charge on any atom is -0.438 e. The number of furan rings is 1. The summed E-state index contributed by atoms with van der Waals surface area (Å²) in [5.41, 5.74) is 6.56. The maximum Gasteiger partial charge on any atom is 0.284 e. The predicted molar refractivity (Wildman–Crippen MR) is 117 cm³/mol. The third-order valence-electron chi connectivity index (χ3n) is 8.18. The summed E-state index contributed by atoms with van der Waals surface area (Å²) in [6.45, 7) is 3.15. The lowest BCUT2D eigenvalue weighted by atomic mass is 9.48. The van der Waals surface area contributed by atoms with Crippen molar-refractivity contribution in [3.8, 4) is 0 Å². The van der Waals surface area contributed by atoms with Gasteiger partial charge in [0.25, 0.3) is 15.9 Å². The van der Waals surface area contributed by atoms with Gasteiger partial charge in [-0.25, -0.2) is 8.42 Å². The molecule has 9 heteroatoms. The predicted octanol–water partition coefficient (Wildman–Crippen LogP) is 2.37. The van der Waals surface area contributed by atoms with Crippen molar-refractivity contribution in [2.75, 3.05) is 26.2 Å². The number of carbonyl (C=O) groups excluding carboxylic acids is 2. The molecular formula is C23H31N3O5S. The van der Waals surface area contributed by atoms with Gasteiger partial charge in [-0.1, -0.05) is 5.57 Å². The summed E-state index contributed by atoms with van der Waals surface area (Å²) in [6, 6.07) is 2.50. The van der Waals surface area contributed by atoms with E-state index in [0.29, 0.717) is 13.1 Å². The summed E-state index contributed by atoms with van der Waals surface area (Å²) in [5, 5.41) is -0.302. The summed E-state index contributed by atoms with van der Waals surface area (Å²) < 4.78 is 32.0. The molecule has 8 nitrogen and oxygen atoms in total. The van der Waals surface area contributed by atoms with Crippen molar-refractivity contribution in [2.24, 2.45) is 28.9 Å². The minimum absolute atomic E-state index is 0.0238. The van der Waals surface area contributed by atoms with Crippen LogP contribution in [0.5, 0.6) is 0 Å². The van der Waals surface area contributed by atoms with Crippen molar-refractivity contribution in [1.82, 2.24) is 9.21 Å².